The Balaban J connectivity index is 3.91. The molecule has 0 saturated carbocycles. The summed E-state index contributed by atoms with van der Waals surface area (Å²) in [5.41, 5.74) is 0. The van der Waals surface area contributed by atoms with Crippen molar-refractivity contribution in [3.8, 4) is 0 Å². The second kappa shape index (κ2) is 9.39. The van der Waals surface area contributed by atoms with E-state index in [2.05, 4.69) is 5.32 Å². The predicted molar refractivity (Wildman–Crippen MR) is 67.9 cm³/mol. The summed E-state index contributed by atoms with van der Waals surface area (Å²) in [4.78, 5) is 13.7. The summed E-state index contributed by atoms with van der Waals surface area (Å²) in [5, 5.41) is 12.6. The van der Waals surface area contributed by atoms with Gasteiger partial charge < -0.3 is 20.1 Å². The molecule has 0 radical (unpaired) electrons. The smallest absolute Gasteiger partial charge is 0.239 e. The molecule has 102 valence electrons. The Morgan fingerprint density at radius 3 is 2.41 bits per heavy atom. The third-order valence-electron chi connectivity index (χ3n) is 2.62. The zero-order valence-electron chi connectivity index (χ0n) is 11.4. The van der Waals surface area contributed by atoms with Gasteiger partial charge in [0.25, 0.3) is 0 Å². The van der Waals surface area contributed by atoms with Crippen LogP contribution in [0.2, 0.25) is 0 Å². The quantitative estimate of drug-likeness (QED) is 0.611. The van der Waals surface area contributed by atoms with Gasteiger partial charge in [-0.05, 0) is 27.7 Å². The fourth-order valence-electron chi connectivity index (χ4n) is 1.52. The molecule has 0 fully saturated rings. The lowest BCUT2D eigenvalue weighted by molar-refractivity contribution is -0.132. The Morgan fingerprint density at radius 1 is 1.35 bits per heavy atom. The number of aliphatic hydroxyl groups excluding tert-OH is 1. The molecule has 2 N–H and O–H groups in total. The van der Waals surface area contributed by atoms with Gasteiger partial charge in [0.05, 0.1) is 18.8 Å². The van der Waals surface area contributed by atoms with Crippen LogP contribution in [-0.2, 0) is 9.53 Å². The number of rotatable bonds is 9. The summed E-state index contributed by atoms with van der Waals surface area (Å²) < 4.78 is 5.09. The standard InChI is InChI=1S/C12H26N2O3/c1-5-14(6-2)12(16)10(4)13-8-11(15)9-17-7-3/h10-11,13,15H,5-9H2,1-4H3. The SMILES string of the molecule is CCOCC(O)CNC(C)C(=O)N(CC)CC. The molecule has 0 aliphatic rings. The highest BCUT2D eigenvalue weighted by molar-refractivity contribution is 5.81. The maximum atomic E-state index is 11.9. The minimum Gasteiger partial charge on any atom is -0.389 e. The van der Waals surface area contributed by atoms with Gasteiger partial charge in [-0.25, -0.2) is 0 Å². The Hall–Kier alpha value is -0.650. The highest BCUT2D eigenvalue weighted by Crippen LogP contribution is 1.95. The van der Waals surface area contributed by atoms with E-state index in [-0.39, 0.29) is 11.9 Å². The molecule has 0 aromatic carbocycles. The van der Waals surface area contributed by atoms with Crippen molar-refractivity contribution in [3.63, 3.8) is 0 Å². The van der Waals surface area contributed by atoms with Crippen LogP contribution in [0.5, 0.6) is 0 Å². The Bertz CT molecular complexity index is 208. The van der Waals surface area contributed by atoms with Crippen LogP contribution < -0.4 is 5.32 Å². The third-order valence-corrected chi connectivity index (χ3v) is 2.62. The Morgan fingerprint density at radius 2 is 1.94 bits per heavy atom. The molecule has 1 amide bonds. The van der Waals surface area contributed by atoms with Crippen LogP contribution >= 0.6 is 0 Å². The number of hydrogen-bond acceptors (Lipinski definition) is 4. The first kappa shape index (κ1) is 16.4. The molecule has 0 aliphatic carbocycles. The topological polar surface area (TPSA) is 61.8 Å². The number of hydrogen-bond donors (Lipinski definition) is 2. The zero-order chi connectivity index (χ0) is 13.3. The second-order valence-electron chi connectivity index (χ2n) is 3.95. The predicted octanol–water partition coefficient (Wildman–Crippen LogP) is 0.230. The Kier molecular flexibility index (Phi) is 9.03. The van der Waals surface area contributed by atoms with Crippen LogP contribution in [-0.4, -0.2) is 60.9 Å². The van der Waals surface area contributed by atoms with E-state index in [9.17, 15) is 9.90 Å². The van der Waals surface area contributed by atoms with Crippen molar-refractivity contribution in [1.29, 1.82) is 0 Å². The monoisotopic (exact) mass is 246 g/mol. The molecule has 0 aromatic heterocycles. The molecule has 0 saturated heterocycles. The molecule has 2 unspecified atom stereocenters. The van der Waals surface area contributed by atoms with Crippen LogP contribution in [0.3, 0.4) is 0 Å². The fourth-order valence-corrected chi connectivity index (χ4v) is 1.52. The molecule has 2 atom stereocenters. The number of carbonyl (C=O) groups is 1. The number of amides is 1. The third kappa shape index (κ3) is 6.61. The maximum absolute atomic E-state index is 11.9. The summed E-state index contributed by atoms with van der Waals surface area (Å²) in [6, 6.07) is -0.272. The molecular formula is C12H26N2O3. The summed E-state index contributed by atoms with van der Waals surface area (Å²) >= 11 is 0. The van der Waals surface area contributed by atoms with Crippen molar-refractivity contribution in [1.82, 2.24) is 10.2 Å². The van der Waals surface area contributed by atoms with E-state index in [0.717, 1.165) is 0 Å². The maximum Gasteiger partial charge on any atom is 0.239 e. The van der Waals surface area contributed by atoms with Gasteiger partial charge in [0.2, 0.25) is 5.91 Å². The van der Waals surface area contributed by atoms with Crippen molar-refractivity contribution >= 4 is 5.91 Å². The van der Waals surface area contributed by atoms with Crippen molar-refractivity contribution in [2.75, 3.05) is 32.8 Å². The molecule has 0 heterocycles. The van der Waals surface area contributed by atoms with E-state index < -0.39 is 6.10 Å². The van der Waals surface area contributed by atoms with E-state index in [1.165, 1.54) is 0 Å². The van der Waals surface area contributed by atoms with Crippen LogP contribution in [0.4, 0.5) is 0 Å². The van der Waals surface area contributed by atoms with Gasteiger partial charge in [-0.3, -0.25) is 4.79 Å². The second-order valence-corrected chi connectivity index (χ2v) is 3.95. The molecule has 0 aromatic rings. The van der Waals surface area contributed by atoms with Gasteiger partial charge in [0, 0.05) is 26.2 Å². The Labute approximate surface area is 104 Å². The molecule has 0 rings (SSSR count). The first-order valence-corrected chi connectivity index (χ1v) is 6.34. The summed E-state index contributed by atoms with van der Waals surface area (Å²) in [5.74, 6) is 0.0682. The molecule has 0 aliphatic heterocycles. The molecule has 5 heteroatoms. The van der Waals surface area contributed by atoms with Gasteiger partial charge in [-0.2, -0.15) is 0 Å². The molecular weight excluding hydrogens is 220 g/mol. The van der Waals surface area contributed by atoms with Gasteiger partial charge in [-0.1, -0.05) is 0 Å². The van der Waals surface area contributed by atoms with Gasteiger partial charge in [0.1, 0.15) is 0 Å². The molecule has 5 nitrogen and oxygen atoms in total. The lowest BCUT2D eigenvalue weighted by Gasteiger charge is -2.24. The minimum atomic E-state index is -0.568. The van der Waals surface area contributed by atoms with Crippen LogP contribution in [0.15, 0.2) is 0 Å². The van der Waals surface area contributed by atoms with Crippen LogP contribution in [0.1, 0.15) is 27.7 Å². The van der Waals surface area contributed by atoms with Gasteiger partial charge in [-0.15, -0.1) is 0 Å². The molecule has 0 spiro atoms. The first-order chi connectivity index (χ1) is 8.06. The summed E-state index contributed by atoms with van der Waals surface area (Å²) in [7, 11) is 0. The minimum absolute atomic E-state index is 0.0682. The largest absolute Gasteiger partial charge is 0.389 e. The van der Waals surface area contributed by atoms with Gasteiger partial charge >= 0.3 is 0 Å². The summed E-state index contributed by atoms with van der Waals surface area (Å²) in [6.07, 6.45) is -0.568. The number of ether oxygens (including phenoxy) is 1. The van der Waals surface area contributed by atoms with Crippen molar-refractivity contribution in [3.05, 3.63) is 0 Å². The van der Waals surface area contributed by atoms with E-state index in [1.807, 2.05) is 27.7 Å². The zero-order valence-corrected chi connectivity index (χ0v) is 11.4. The average Bonchev–Trinajstić information content (AvgIpc) is 2.34. The molecule has 17 heavy (non-hydrogen) atoms. The van der Waals surface area contributed by atoms with E-state index in [1.54, 1.807) is 4.90 Å². The van der Waals surface area contributed by atoms with E-state index >= 15 is 0 Å². The molecule has 0 bridgehead atoms. The highest BCUT2D eigenvalue weighted by atomic mass is 16.5. The fraction of sp³-hybridized carbons (Fsp3) is 0.917. The average molecular weight is 246 g/mol. The summed E-state index contributed by atoms with van der Waals surface area (Å²) in [6.45, 7) is 10.3. The number of carbonyl (C=O) groups excluding carboxylic acids is 1. The van der Waals surface area contributed by atoms with Crippen molar-refractivity contribution in [2.24, 2.45) is 0 Å². The lowest BCUT2D eigenvalue weighted by atomic mass is 10.2. The van der Waals surface area contributed by atoms with Crippen molar-refractivity contribution < 1.29 is 14.6 Å². The number of nitrogens with zero attached hydrogens (tertiary/aromatic N) is 1. The first-order valence-electron chi connectivity index (χ1n) is 6.34. The number of nitrogens with one attached hydrogen (secondary N) is 1. The van der Waals surface area contributed by atoms with Gasteiger partial charge in [0.15, 0.2) is 0 Å². The van der Waals surface area contributed by atoms with E-state index in [0.29, 0.717) is 32.8 Å². The van der Waals surface area contributed by atoms with E-state index in [4.69, 9.17) is 4.74 Å². The van der Waals surface area contributed by atoms with Crippen molar-refractivity contribution in [2.45, 2.75) is 39.8 Å². The normalized spacial score (nSPS) is 14.4. The lowest BCUT2D eigenvalue weighted by Crippen LogP contribution is -2.47. The van der Waals surface area contributed by atoms with Crippen LogP contribution in [0, 0.1) is 0 Å². The number of aliphatic hydroxyl groups is 1. The number of likely N-dealkylation sites (N-methyl/N-ethyl adjacent to an activating group) is 1. The van der Waals surface area contributed by atoms with Crippen LogP contribution in [0.25, 0.3) is 0 Å². The highest BCUT2D eigenvalue weighted by Gasteiger charge is 2.18.